The van der Waals surface area contributed by atoms with Crippen LogP contribution in [0, 0.1) is 5.82 Å². The van der Waals surface area contributed by atoms with Gasteiger partial charge in [0.1, 0.15) is 5.82 Å². The van der Waals surface area contributed by atoms with Gasteiger partial charge in [-0.3, -0.25) is 0 Å². The van der Waals surface area contributed by atoms with Crippen molar-refractivity contribution >= 4 is 5.69 Å². The number of halogens is 1. The van der Waals surface area contributed by atoms with E-state index in [-0.39, 0.29) is 12.1 Å². The van der Waals surface area contributed by atoms with Crippen molar-refractivity contribution in [1.29, 1.82) is 0 Å². The molecule has 6 nitrogen and oxygen atoms in total. The number of nitrogen functional groups attached to an aromatic ring is 1. The van der Waals surface area contributed by atoms with Gasteiger partial charge < -0.3 is 10.5 Å². The molecule has 20 heavy (non-hydrogen) atoms. The first-order chi connectivity index (χ1) is 9.65. The number of hydrogen-bond acceptors (Lipinski definition) is 5. The molecule has 0 amide bonds. The SMILES string of the molecule is CC1CC(n2nnnc2-c2ccc(N)cc2F)CCO1. The van der Waals surface area contributed by atoms with Crippen LogP contribution in [-0.4, -0.2) is 32.9 Å². The quantitative estimate of drug-likeness (QED) is 0.847. The zero-order chi connectivity index (χ0) is 14.1. The van der Waals surface area contributed by atoms with Gasteiger partial charge in [0.15, 0.2) is 5.82 Å². The van der Waals surface area contributed by atoms with Gasteiger partial charge in [-0.05, 0) is 48.4 Å². The molecule has 1 fully saturated rings. The summed E-state index contributed by atoms with van der Waals surface area (Å²) in [4.78, 5) is 0. The Bertz CT molecular complexity index is 615. The summed E-state index contributed by atoms with van der Waals surface area (Å²) < 4.78 is 21.2. The van der Waals surface area contributed by atoms with Crippen LogP contribution in [0.5, 0.6) is 0 Å². The summed E-state index contributed by atoms with van der Waals surface area (Å²) in [6, 6.07) is 4.65. The van der Waals surface area contributed by atoms with Gasteiger partial charge in [-0.25, -0.2) is 9.07 Å². The minimum Gasteiger partial charge on any atom is -0.399 e. The Morgan fingerprint density at radius 1 is 1.45 bits per heavy atom. The third kappa shape index (κ3) is 2.36. The summed E-state index contributed by atoms with van der Waals surface area (Å²) in [5.74, 6) is 0.0164. The van der Waals surface area contributed by atoms with E-state index in [0.717, 1.165) is 12.8 Å². The molecule has 0 radical (unpaired) electrons. The van der Waals surface area contributed by atoms with Crippen LogP contribution in [0.4, 0.5) is 10.1 Å². The van der Waals surface area contributed by atoms with Crippen molar-refractivity contribution in [1.82, 2.24) is 20.2 Å². The largest absolute Gasteiger partial charge is 0.399 e. The van der Waals surface area contributed by atoms with Gasteiger partial charge in [0.05, 0.1) is 17.7 Å². The molecular formula is C13H16FN5O. The fourth-order valence-corrected chi connectivity index (χ4v) is 2.53. The lowest BCUT2D eigenvalue weighted by Gasteiger charge is -2.27. The van der Waals surface area contributed by atoms with Crippen LogP contribution in [0.1, 0.15) is 25.8 Å². The summed E-state index contributed by atoms with van der Waals surface area (Å²) in [7, 11) is 0. The Labute approximate surface area is 115 Å². The van der Waals surface area contributed by atoms with Crippen molar-refractivity contribution in [3.8, 4) is 11.4 Å². The second kappa shape index (κ2) is 5.16. The maximum atomic E-state index is 14.0. The number of nitrogens with two attached hydrogens (primary N) is 1. The van der Waals surface area contributed by atoms with Crippen molar-refractivity contribution < 1.29 is 9.13 Å². The van der Waals surface area contributed by atoms with E-state index < -0.39 is 5.82 Å². The smallest absolute Gasteiger partial charge is 0.185 e. The van der Waals surface area contributed by atoms with Crippen LogP contribution in [-0.2, 0) is 4.74 Å². The molecule has 2 N–H and O–H groups in total. The molecule has 2 aromatic rings. The fraction of sp³-hybridized carbons (Fsp3) is 0.462. The van der Waals surface area contributed by atoms with Crippen LogP contribution in [0.3, 0.4) is 0 Å². The summed E-state index contributed by atoms with van der Waals surface area (Å²) in [6.45, 7) is 2.68. The number of nitrogens with zero attached hydrogens (tertiary/aromatic N) is 4. The molecule has 3 rings (SSSR count). The van der Waals surface area contributed by atoms with Crippen LogP contribution in [0.15, 0.2) is 18.2 Å². The van der Waals surface area contributed by atoms with Crippen LogP contribution >= 0.6 is 0 Å². The molecular weight excluding hydrogens is 261 g/mol. The lowest BCUT2D eigenvalue weighted by Crippen LogP contribution is -2.26. The topological polar surface area (TPSA) is 78.9 Å². The molecule has 1 aromatic carbocycles. The predicted molar refractivity (Wildman–Crippen MR) is 71.3 cm³/mol. The van der Waals surface area contributed by atoms with E-state index in [1.165, 1.54) is 6.07 Å². The normalized spacial score (nSPS) is 22.9. The molecule has 0 aliphatic carbocycles. The molecule has 2 atom stereocenters. The summed E-state index contributed by atoms with van der Waals surface area (Å²) in [6.07, 6.45) is 1.79. The first kappa shape index (κ1) is 13.0. The Morgan fingerprint density at radius 3 is 3.05 bits per heavy atom. The molecule has 1 saturated heterocycles. The van der Waals surface area contributed by atoms with Crippen molar-refractivity contribution in [2.45, 2.75) is 31.9 Å². The second-order valence-corrected chi connectivity index (χ2v) is 5.05. The van der Waals surface area contributed by atoms with E-state index in [2.05, 4.69) is 15.5 Å². The third-order valence-corrected chi connectivity index (χ3v) is 3.53. The Kier molecular flexibility index (Phi) is 3.35. The van der Waals surface area contributed by atoms with E-state index in [1.54, 1.807) is 16.8 Å². The zero-order valence-corrected chi connectivity index (χ0v) is 11.2. The monoisotopic (exact) mass is 277 g/mol. The standard InChI is InChI=1S/C13H16FN5O/c1-8-6-10(4-5-20-8)19-13(16-17-18-19)11-3-2-9(15)7-12(11)14/h2-3,7-8,10H,4-6,15H2,1H3. The number of tetrazole rings is 1. The number of aromatic nitrogens is 4. The highest BCUT2D eigenvalue weighted by Gasteiger charge is 2.25. The molecule has 2 unspecified atom stereocenters. The lowest BCUT2D eigenvalue weighted by molar-refractivity contribution is 0.00349. The number of benzene rings is 1. The predicted octanol–water partition coefficient (Wildman–Crippen LogP) is 1.80. The zero-order valence-electron chi connectivity index (χ0n) is 11.2. The molecule has 1 aliphatic rings. The molecule has 2 heterocycles. The molecule has 7 heteroatoms. The Balaban J connectivity index is 1.97. The number of anilines is 1. The first-order valence-corrected chi connectivity index (χ1v) is 6.60. The number of ether oxygens (including phenoxy) is 1. The highest BCUT2D eigenvalue weighted by atomic mass is 19.1. The van der Waals surface area contributed by atoms with E-state index in [4.69, 9.17) is 10.5 Å². The van der Waals surface area contributed by atoms with E-state index in [0.29, 0.717) is 23.7 Å². The van der Waals surface area contributed by atoms with E-state index in [1.807, 2.05) is 6.92 Å². The number of rotatable bonds is 2. The highest BCUT2D eigenvalue weighted by Crippen LogP contribution is 2.29. The molecule has 106 valence electrons. The number of hydrogen-bond donors (Lipinski definition) is 1. The van der Waals surface area contributed by atoms with E-state index in [9.17, 15) is 4.39 Å². The van der Waals surface area contributed by atoms with Gasteiger partial charge in [-0.15, -0.1) is 5.10 Å². The molecule has 1 aromatic heterocycles. The van der Waals surface area contributed by atoms with Gasteiger partial charge >= 0.3 is 0 Å². The van der Waals surface area contributed by atoms with Gasteiger partial charge in [-0.1, -0.05) is 0 Å². The van der Waals surface area contributed by atoms with Crippen molar-refractivity contribution in [2.75, 3.05) is 12.3 Å². The first-order valence-electron chi connectivity index (χ1n) is 6.60. The van der Waals surface area contributed by atoms with Gasteiger partial charge in [-0.2, -0.15) is 0 Å². The van der Waals surface area contributed by atoms with Gasteiger partial charge in [0, 0.05) is 12.3 Å². The maximum absolute atomic E-state index is 14.0. The summed E-state index contributed by atoms with van der Waals surface area (Å²) >= 11 is 0. The average molecular weight is 277 g/mol. The van der Waals surface area contributed by atoms with Crippen molar-refractivity contribution in [3.63, 3.8) is 0 Å². The van der Waals surface area contributed by atoms with Crippen LogP contribution < -0.4 is 5.73 Å². The Hall–Kier alpha value is -2.02. The highest BCUT2D eigenvalue weighted by molar-refractivity contribution is 5.59. The van der Waals surface area contributed by atoms with Crippen LogP contribution in [0.25, 0.3) is 11.4 Å². The minimum atomic E-state index is -0.416. The third-order valence-electron chi connectivity index (χ3n) is 3.53. The molecule has 1 aliphatic heterocycles. The molecule has 0 spiro atoms. The maximum Gasteiger partial charge on any atom is 0.185 e. The molecule has 0 saturated carbocycles. The van der Waals surface area contributed by atoms with Gasteiger partial charge in [0.25, 0.3) is 0 Å². The second-order valence-electron chi connectivity index (χ2n) is 5.05. The summed E-state index contributed by atoms with van der Waals surface area (Å²) in [5, 5.41) is 11.7. The molecule has 0 bridgehead atoms. The average Bonchev–Trinajstić information content (AvgIpc) is 2.87. The van der Waals surface area contributed by atoms with Crippen LogP contribution in [0.2, 0.25) is 0 Å². The van der Waals surface area contributed by atoms with E-state index >= 15 is 0 Å². The fourth-order valence-electron chi connectivity index (χ4n) is 2.53. The summed E-state index contributed by atoms with van der Waals surface area (Å²) in [5.41, 5.74) is 6.31. The minimum absolute atomic E-state index is 0.126. The van der Waals surface area contributed by atoms with Crippen molar-refractivity contribution in [2.24, 2.45) is 0 Å². The van der Waals surface area contributed by atoms with Gasteiger partial charge in [0.2, 0.25) is 0 Å². The lowest BCUT2D eigenvalue weighted by atomic mass is 10.0. The Morgan fingerprint density at radius 2 is 2.30 bits per heavy atom. The van der Waals surface area contributed by atoms with Crippen molar-refractivity contribution in [3.05, 3.63) is 24.0 Å².